The number of phenols is 2. The highest BCUT2D eigenvalue weighted by Crippen LogP contribution is 2.41. The van der Waals surface area contributed by atoms with Crippen LogP contribution in [-0.2, 0) is 4.79 Å². The van der Waals surface area contributed by atoms with Crippen molar-refractivity contribution in [3.05, 3.63) is 83.4 Å². The number of hydrogen-bond acceptors (Lipinski definition) is 4. The summed E-state index contributed by atoms with van der Waals surface area (Å²) in [4.78, 5) is 11.0. The standard InChI is InChI=1S/C24H20O5/c1-29-22-14-18(12-13-23(27)28)19(15-21(22)26)24-17(8-5-9-20(24)25)11-10-16-6-3-2-4-7-16/h2-15,25-26H,1H3,(H,27,28)/b11-10?,13-12+. The Morgan fingerprint density at radius 2 is 1.62 bits per heavy atom. The predicted octanol–water partition coefficient (Wildman–Crippen LogP) is 5.04. The Labute approximate surface area is 168 Å². The monoisotopic (exact) mass is 388 g/mol. The molecule has 0 saturated heterocycles. The van der Waals surface area contributed by atoms with E-state index < -0.39 is 5.97 Å². The third-order valence-corrected chi connectivity index (χ3v) is 4.36. The van der Waals surface area contributed by atoms with Crippen LogP contribution in [0.25, 0.3) is 29.4 Å². The molecule has 0 unspecified atom stereocenters. The molecule has 0 amide bonds. The van der Waals surface area contributed by atoms with Gasteiger partial charge < -0.3 is 20.1 Å². The zero-order chi connectivity index (χ0) is 20.8. The quantitative estimate of drug-likeness (QED) is 0.407. The van der Waals surface area contributed by atoms with Gasteiger partial charge in [0.2, 0.25) is 0 Å². The van der Waals surface area contributed by atoms with Gasteiger partial charge in [-0.25, -0.2) is 4.79 Å². The molecule has 0 bridgehead atoms. The molecule has 0 aliphatic carbocycles. The molecule has 0 atom stereocenters. The van der Waals surface area contributed by atoms with E-state index in [-0.39, 0.29) is 17.2 Å². The van der Waals surface area contributed by atoms with Crippen LogP contribution < -0.4 is 4.74 Å². The molecule has 0 aliphatic rings. The fourth-order valence-electron chi connectivity index (χ4n) is 3.00. The first-order valence-electron chi connectivity index (χ1n) is 8.87. The zero-order valence-electron chi connectivity index (χ0n) is 15.7. The van der Waals surface area contributed by atoms with Gasteiger partial charge >= 0.3 is 5.97 Å². The van der Waals surface area contributed by atoms with Crippen molar-refractivity contribution >= 4 is 24.2 Å². The number of aromatic hydroxyl groups is 2. The lowest BCUT2D eigenvalue weighted by Crippen LogP contribution is -1.93. The van der Waals surface area contributed by atoms with Crippen molar-refractivity contribution in [3.8, 4) is 28.4 Å². The molecular weight excluding hydrogens is 368 g/mol. The first kappa shape index (κ1) is 19.8. The Hall–Kier alpha value is -3.99. The second kappa shape index (κ2) is 8.80. The largest absolute Gasteiger partial charge is 0.507 e. The maximum absolute atomic E-state index is 11.0. The van der Waals surface area contributed by atoms with Crippen molar-refractivity contribution in [2.45, 2.75) is 0 Å². The van der Waals surface area contributed by atoms with E-state index in [1.165, 1.54) is 25.3 Å². The Kier molecular flexibility index (Phi) is 6.00. The number of rotatable bonds is 6. The Bertz CT molecular complexity index is 1080. The van der Waals surface area contributed by atoms with Gasteiger partial charge in [-0.2, -0.15) is 0 Å². The molecule has 0 spiro atoms. The molecule has 3 aromatic carbocycles. The van der Waals surface area contributed by atoms with Gasteiger partial charge in [0, 0.05) is 11.6 Å². The lowest BCUT2D eigenvalue weighted by Gasteiger charge is -2.14. The van der Waals surface area contributed by atoms with Crippen LogP contribution in [0.3, 0.4) is 0 Å². The van der Waals surface area contributed by atoms with Crippen LogP contribution in [0.1, 0.15) is 16.7 Å². The lowest BCUT2D eigenvalue weighted by atomic mass is 9.93. The van der Waals surface area contributed by atoms with E-state index in [0.717, 1.165) is 11.6 Å². The zero-order valence-corrected chi connectivity index (χ0v) is 15.7. The number of phenolic OH excluding ortho intramolecular Hbond substituents is 2. The number of ether oxygens (including phenoxy) is 1. The smallest absolute Gasteiger partial charge is 0.328 e. The molecule has 146 valence electrons. The molecular formula is C24H20O5. The summed E-state index contributed by atoms with van der Waals surface area (Å²) in [7, 11) is 1.41. The van der Waals surface area contributed by atoms with Crippen LogP contribution in [0.2, 0.25) is 0 Å². The summed E-state index contributed by atoms with van der Waals surface area (Å²) in [5.74, 6) is -1.01. The maximum Gasteiger partial charge on any atom is 0.328 e. The molecule has 3 rings (SSSR count). The SMILES string of the molecule is COc1cc(/C=C/C(=O)O)c(-c2c(O)cccc2C=Cc2ccccc2)cc1O. The second-order valence-electron chi connectivity index (χ2n) is 6.27. The van der Waals surface area contributed by atoms with E-state index in [9.17, 15) is 15.0 Å². The number of carbonyl (C=O) groups is 1. The average molecular weight is 388 g/mol. The van der Waals surface area contributed by atoms with E-state index >= 15 is 0 Å². The first-order valence-corrected chi connectivity index (χ1v) is 8.87. The fourth-order valence-corrected chi connectivity index (χ4v) is 3.00. The highest BCUT2D eigenvalue weighted by atomic mass is 16.5. The van der Waals surface area contributed by atoms with Gasteiger partial charge in [-0.3, -0.25) is 0 Å². The normalized spacial score (nSPS) is 11.2. The lowest BCUT2D eigenvalue weighted by molar-refractivity contribution is -0.131. The van der Waals surface area contributed by atoms with Crippen molar-refractivity contribution in [1.29, 1.82) is 0 Å². The number of aliphatic carboxylic acids is 1. The minimum Gasteiger partial charge on any atom is -0.507 e. The first-order chi connectivity index (χ1) is 14.0. The fraction of sp³-hybridized carbons (Fsp3) is 0.0417. The molecule has 29 heavy (non-hydrogen) atoms. The van der Waals surface area contributed by atoms with E-state index in [1.807, 2.05) is 48.6 Å². The summed E-state index contributed by atoms with van der Waals surface area (Å²) in [5, 5.41) is 29.9. The average Bonchev–Trinajstić information content (AvgIpc) is 2.72. The van der Waals surface area contributed by atoms with Gasteiger partial charge in [0.1, 0.15) is 5.75 Å². The summed E-state index contributed by atoms with van der Waals surface area (Å²) in [6.07, 6.45) is 6.16. The van der Waals surface area contributed by atoms with Crippen molar-refractivity contribution in [2.75, 3.05) is 7.11 Å². The van der Waals surface area contributed by atoms with E-state index in [0.29, 0.717) is 22.3 Å². The molecule has 0 aliphatic heterocycles. The van der Waals surface area contributed by atoms with E-state index in [2.05, 4.69) is 0 Å². The summed E-state index contributed by atoms with van der Waals surface area (Å²) >= 11 is 0. The molecule has 0 saturated carbocycles. The third-order valence-electron chi connectivity index (χ3n) is 4.36. The molecule has 0 fully saturated rings. The van der Waals surface area contributed by atoms with Gasteiger partial charge in [0.25, 0.3) is 0 Å². The van der Waals surface area contributed by atoms with Gasteiger partial charge in [0.05, 0.1) is 7.11 Å². The van der Waals surface area contributed by atoms with Crippen LogP contribution in [0.15, 0.2) is 66.7 Å². The van der Waals surface area contributed by atoms with E-state index in [1.54, 1.807) is 12.1 Å². The summed E-state index contributed by atoms with van der Waals surface area (Å²) < 4.78 is 5.14. The van der Waals surface area contributed by atoms with Crippen molar-refractivity contribution in [2.24, 2.45) is 0 Å². The van der Waals surface area contributed by atoms with Crippen LogP contribution in [-0.4, -0.2) is 28.4 Å². The second-order valence-corrected chi connectivity index (χ2v) is 6.27. The van der Waals surface area contributed by atoms with Gasteiger partial charge in [-0.05, 0) is 46.5 Å². The van der Waals surface area contributed by atoms with Crippen molar-refractivity contribution < 1.29 is 24.9 Å². The Balaban J connectivity index is 2.18. The number of carboxylic acids is 1. The molecule has 0 radical (unpaired) electrons. The minimum atomic E-state index is -1.11. The third kappa shape index (κ3) is 4.65. The molecule has 5 nitrogen and oxygen atoms in total. The van der Waals surface area contributed by atoms with Crippen molar-refractivity contribution in [1.82, 2.24) is 0 Å². The molecule has 3 aromatic rings. The van der Waals surface area contributed by atoms with Crippen LogP contribution in [0, 0.1) is 0 Å². The molecule has 3 N–H and O–H groups in total. The minimum absolute atomic E-state index is 0.00903. The number of benzene rings is 3. The van der Waals surface area contributed by atoms with Crippen LogP contribution >= 0.6 is 0 Å². The number of methoxy groups -OCH3 is 1. The van der Waals surface area contributed by atoms with Gasteiger partial charge in [-0.15, -0.1) is 0 Å². The molecule has 0 aromatic heterocycles. The van der Waals surface area contributed by atoms with Gasteiger partial charge in [0.15, 0.2) is 11.5 Å². The summed E-state index contributed by atoms with van der Waals surface area (Å²) in [6, 6.07) is 17.8. The highest BCUT2D eigenvalue weighted by molar-refractivity contribution is 5.92. The topological polar surface area (TPSA) is 87.0 Å². The summed E-state index contributed by atoms with van der Waals surface area (Å²) in [5.41, 5.74) is 3.14. The summed E-state index contributed by atoms with van der Waals surface area (Å²) in [6.45, 7) is 0. The molecule has 0 heterocycles. The van der Waals surface area contributed by atoms with E-state index in [4.69, 9.17) is 9.84 Å². The van der Waals surface area contributed by atoms with Crippen LogP contribution in [0.5, 0.6) is 17.2 Å². The predicted molar refractivity (Wildman–Crippen MR) is 114 cm³/mol. The Morgan fingerprint density at radius 3 is 2.31 bits per heavy atom. The number of hydrogen-bond donors (Lipinski definition) is 3. The molecule has 5 heteroatoms. The Morgan fingerprint density at radius 1 is 0.862 bits per heavy atom. The van der Waals surface area contributed by atoms with Crippen LogP contribution in [0.4, 0.5) is 0 Å². The van der Waals surface area contributed by atoms with Gasteiger partial charge in [-0.1, -0.05) is 54.6 Å². The van der Waals surface area contributed by atoms with Crippen molar-refractivity contribution in [3.63, 3.8) is 0 Å². The maximum atomic E-state index is 11.0. The highest BCUT2D eigenvalue weighted by Gasteiger charge is 2.16. The number of carboxylic acid groups (broad SMARTS) is 1.